The summed E-state index contributed by atoms with van der Waals surface area (Å²) in [4.78, 5) is 79.9. The van der Waals surface area contributed by atoms with E-state index in [1.54, 1.807) is 174 Å². The monoisotopic (exact) mass is 1550 g/mol. The zero-order valence-electron chi connectivity index (χ0n) is 66.9. The number of thiophene rings is 2. The summed E-state index contributed by atoms with van der Waals surface area (Å²) in [5.74, 6) is -5.83. The van der Waals surface area contributed by atoms with Crippen LogP contribution in [0.2, 0.25) is 0 Å². The van der Waals surface area contributed by atoms with Gasteiger partial charge in [-0.3, -0.25) is 44.4 Å². The second kappa shape index (κ2) is 43.8. The lowest BCUT2D eigenvalue weighted by Gasteiger charge is -2.34. The van der Waals surface area contributed by atoms with Crippen LogP contribution in [0.5, 0.6) is 0 Å². The molecule has 6 rings (SSSR count). The Morgan fingerprint density at radius 2 is 0.870 bits per heavy atom. The fourth-order valence-corrected chi connectivity index (χ4v) is 11.7. The Morgan fingerprint density at radius 1 is 0.463 bits per heavy atom. The summed E-state index contributed by atoms with van der Waals surface area (Å²) in [6.45, 7) is 43.1. The first-order valence-electron chi connectivity index (χ1n) is 35.3. The van der Waals surface area contributed by atoms with Crippen LogP contribution in [0.15, 0.2) is 146 Å². The van der Waals surface area contributed by atoms with Crippen LogP contribution in [0.25, 0.3) is 0 Å². The molecule has 0 radical (unpaired) electrons. The minimum atomic E-state index is -1.35. The van der Waals surface area contributed by atoms with Gasteiger partial charge in [0.25, 0.3) is 17.7 Å². The van der Waals surface area contributed by atoms with Crippen molar-refractivity contribution in [3.05, 3.63) is 224 Å². The summed E-state index contributed by atoms with van der Waals surface area (Å²) < 4.78 is 67.6. The third-order valence-corrected chi connectivity index (χ3v) is 21.0. The molecule has 3 atom stereocenters. The van der Waals surface area contributed by atoms with Crippen LogP contribution in [-0.4, -0.2) is 137 Å². The lowest BCUT2D eigenvalue weighted by atomic mass is 9.87. The minimum absolute atomic E-state index is 0.0734. The van der Waals surface area contributed by atoms with Crippen molar-refractivity contribution in [1.29, 1.82) is 0 Å². The molecule has 25 heteroatoms. The third kappa shape index (κ3) is 28.3. The average Bonchev–Trinajstić information content (AvgIpc) is 1.10. The molecule has 0 aliphatic heterocycles. The number of halogens is 5. The summed E-state index contributed by atoms with van der Waals surface area (Å²) >= 11 is 3.13. The van der Waals surface area contributed by atoms with E-state index >= 15 is 0 Å². The van der Waals surface area contributed by atoms with Crippen molar-refractivity contribution in [1.82, 2.24) is 29.9 Å². The molecule has 2 aromatic heterocycles. The van der Waals surface area contributed by atoms with Gasteiger partial charge in [0.2, 0.25) is 17.7 Å². The molecular formula is C83H117F5N6O12S2. The average molecular weight is 1550 g/mol. The predicted molar refractivity (Wildman–Crippen MR) is 417 cm³/mol. The van der Waals surface area contributed by atoms with Gasteiger partial charge in [0.05, 0.1) is 61.2 Å². The molecule has 6 aromatic rings. The van der Waals surface area contributed by atoms with Crippen molar-refractivity contribution < 1.29 is 81.7 Å². The van der Waals surface area contributed by atoms with Crippen molar-refractivity contribution in [3.8, 4) is 0 Å². The molecule has 0 saturated heterocycles. The van der Waals surface area contributed by atoms with E-state index in [4.69, 9.17) is 0 Å². The summed E-state index contributed by atoms with van der Waals surface area (Å²) in [7, 11) is 4.65. The second-order valence-electron chi connectivity index (χ2n) is 29.8. The summed E-state index contributed by atoms with van der Waals surface area (Å²) in [5.41, 5.74) is -0.593. The van der Waals surface area contributed by atoms with Gasteiger partial charge in [0.15, 0.2) is 11.6 Å². The molecule has 0 spiro atoms. The molecule has 598 valence electrons. The molecule has 0 aliphatic rings. The number of amides is 6. The van der Waals surface area contributed by atoms with Gasteiger partial charge in [-0.1, -0.05) is 147 Å². The van der Waals surface area contributed by atoms with Crippen molar-refractivity contribution in [2.24, 2.45) is 32.5 Å². The second-order valence-corrected chi connectivity index (χ2v) is 32.1. The summed E-state index contributed by atoms with van der Waals surface area (Å²) in [6, 6.07) is 24.4. The number of rotatable bonds is 27. The van der Waals surface area contributed by atoms with E-state index in [0.717, 1.165) is 42.0 Å². The van der Waals surface area contributed by atoms with Crippen LogP contribution < -0.4 is 0 Å². The highest BCUT2D eigenvalue weighted by molar-refractivity contribution is 7.12. The van der Waals surface area contributed by atoms with E-state index in [0.29, 0.717) is 47.1 Å². The third-order valence-electron chi connectivity index (χ3n) is 18.9. The van der Waals surface area contributed by atoms with Gasteiger partial charge in [-0.25, -0.2) is 37.1 Å². The molecule has 0 saturated carbocycles. The zero-order valence-corrected chi connectivity index (χ0v) is 68.5. The molecule has 4 aromatic carbocycles. The van der Waals surface area contributed by atoms with Crippen LogP contribution in [0.3, 0.4) is 0 Å². The summed E-state index contributed by atoms with van der Waals surface area (Å²) in [5, 5.41) is 62.0. The fraction of sp³-hybridized carbons (Fsp3) is 0.470. The van der Waals surface area contributed by atoms with Crippen LogP contribution in [0, 0.1) is 82.3 Å². The number of carbonyl (C=O) groups is 6. The highest BCUT2D eigenvalue weighted by Gasteiger charge is 2.38. The van der Waals surface area contributed by atoms with Gasteiger partial charge in [-0.2, -0.15) is 0 Å². The molecule has 18 nitrogen and oxygen atoms in total. The maximum absolute atomic E-state index is 13.8. The van der Waals surface area contributed by atoms with E-state index < -0.39 is 80.5 Å². The van der Waals surface area contributed by atoms with Crippen molar-refractivity contribution in [2.75, 3.05) is 41.0 Å². The van der Waals surface area contributed by atoms with Crippen LogP contribution in [0.4, 0.5) is 22.0 Å². The van der Waals surface area contributed by atoms with Crippen LogP contribution >= 0.6 is 22.7 Å². The molecule has 2 heterocycles. The van der Waals surface area contributed by atoms with E-state index in [1.165, 1.54) is 45.2 Å². The standard InChI is InChI=1S/C15H20F3NO2.C15H22FNO2.C14H18FNO.C14H21NO3.C13H19NO2S.C12H17NO2S/c1-5-15(2,3)14(21)19(4)12(8-20)10-6-9(16)7-11(17)13(10)18;1-5-15(2,3)14(19)17(4)13(10-18)11-8-6-7-9-12(11)16;1-5-14(2,3)13(17)16(4)10-11-8-6-7-9-12(11)15;1-4-14(2,3)13(17)15(18)12(10-16)11-8-6-5-7-9-11;1-6-13(4,5)12(15)14(16)8-11-9(2)7-10(3)17-11;1-5-12(3,4)11(14)13(15)8-10-9(2)6-7-16-10/h6-7,12,20H,5,8H2,1-4H3;6-9,13,18H,5,10H2,1-4H3;5-9H,1,10H2,2-4H3;5-9,12,16,18H,4,10H2,1-3H3;6-7,16H,1,8H2,2-5H3;5-7,15H,1,8H2,2-4H3/t12-;13-;;;;/m00..../s1. The SMILES string of the molecule is C=CC(C)(C)C(=O)N(C)Cc1ccccc1F.C=CC(C)(C)C(=O)N(O)Cc1sc(C)cc1C.C=CC(C)(C)C(=O)N(O)Cc1sccc1C.CCC(C)(C)C(=O)N(C)[C@@H](CO)c1cc(F)cc(F)c1F.CCC(C)(C)C(=O)N(C)[C@@H](CO)c1ccccc1F.CCC(C)(C)C(=O)N(O)C(CO)c1ccccc1. The Bertz CT molecular complexity index is 3910. The number of hydroxylamine groups is 6. The molecular weight excluding hydrogens is 1430 g/mol. The van der Waals surface area contributed by atoms with Crippen molar-refractivity contribution in [2.45, 2.75) is 182 Å². The maximum atomic E-state index is 13.8. The highest BCUT2D eigenvalue weighted by atomic mass is 32.1. The van der Waals surface area contributed by atoms with Gasteiger partial charge in [0, 0.05) is 81.3 Å². The Hall–Kier alpha value is -8.27. The first-order valence-corrected chi connectivity index (χ1v) is 37.0. The van der Waals surface area contributed by atoms with E-state index in [-0.39, 0.29) is 79.7 Å². The van der Waals surface area contributed by atoms with Crippen LogP contribution in [0.1, 0.15) is 189 Å². The molecule has 0 aliphatic carbocycles. The Morgan fingerprint density at radius 3 is 1.27 bits per heavy atom. The number of aliphatic hydroxyl groups is 3. The van der Waals surface area contributed by atoms with Gasteiger partial charge in [0.1, 0.15) is 23.5 Å². The first-order chi connectivity index (χ1) is 50.0. The fourth-order valence-electron chi connectivity index (χ4n) is 9.77. The Balaban J connectivity index is 0.000000649. The number of aliphatic hydroxyl groups excluding tert-OH is 3. The first kappa shape index (κ1) is 97.7. The van der Waals surface area contributed by atoms with Gasteiger partial charge in [-0.15, -0.1) is 42.4 Å². The Labute approximate surface area is 645 Å². The normalized spacial score (nSPS) is 12.3. The minimum Gasteiger partial charge on any atom is -0.394 e. The molecule has 0 fully saturated rings. The smallest absolute Gasteiger partial charge is 0.255 e. The van der Waals surface area contributed by atoms with Crippen LogP contribution in [-0.2, 0) is 48.4 Å². The maximum Gasteiger partial charge on any atom is 0.255 e. The number of hydrogen-bond donors (Lipinski definition) is 6. The highest BCUT2D eigenvalue weighted by Crippen LogP contribution is 2.34. The zero-order chi connectivity index (χ0) is 83.4. The van der Waals surface area contributed by atoms with E-state index in [9.17, 15) is 81.7 Å². The van der Waals surface area contributed by atoms with Gasteiger partial charge < -0.3 is 30.0 Å². The summed E-state index contributed by atoms with van der Waals surface area (Å²) in [6.07, 6.45) is 6.54. The number of carbonyl (C=O) groups excluding carboxylic acids is 6. The molecule has 1 unspecified atom stereocenters. The van der Waals surface area contributed by atoms with E-state index in [2.05, 4.69) is 25.8 Å². The predicted octanol–water partition coefficient (Wildman–Crippen LogP) is 17.4. The van der Waals surface area contributed by atoms with Crippen molar-refractivity contribution >= 4 is 58.1 Å². The number of aryl methyl sites for hydroxylation is 3. The van der Waals surface area contributed by atoms with Crippen molar-refractivity contribution in [3.63, 3.8) is 0 Å². The number of hydrogen-bond acceptors (Lipinski definition) is 14. The van der Waals surface area contributed by atoms with E-state index in [1.807, 2.05) is 72.9 Å². The van der Waals surface area contributed by atoms with Gasteiger partial charge >= 0.3 is 0 Å². The number of benzene rings is 4. The van der Waals surface area contributed by atoms with Gasteiger partial charge in [-0.05, 0) is 134 Å². The number of nitrogens with zero attached hydrogens (tertiary/aromatic N) is 6. The lowest BCUT2D eigenvalue weighted by Crippen LogP contribution is -2.41. The topological polar surface area (TPSA) is 243 Å². The molecule has 108 heavy (non-hydrogen) atoms. The quantitative estimate of drug-likeness (QED) is 0.00927. The molecule has 6 amide bonds. The molecule has 6 N–H and O–H groups in total. The molecule has 0 bridgehead atoms. The Kier molecular flexibility index (Phi) is 39.6. The lowest BCUT2D eigenvalue weighted by molar-refractivity contribution is -0.190. The number of likely N-dealkylation sites (N-methyl/N-ethyl adjacent to an activating group) is 2. The largest absolute Gasteiger partial charge is 0.394 e.